The molecule has 5 heteroatoms. The van der Waals surface area contributed by atoms with Gasteiger partial charge in [0.2, 0.25) is 0 Å². The third-order valence-corrected chi connectivity index (χ3v) is 1.21. The van der Waals surface area contributed by atoms with E-state index in [2.05, 4.69) is 27.1 Å². The molecule has 0 saturated heterocycles. The van der Waals surface area contributed by atoms with Crippen LogP contribution < -0.4 is 4.72 Å². The Bertz CT molecular complexity index is 125. The minimum absolute atomic E-state index is 0.702. The third-order valence-electron chi connectivity index (χ3n) is 0.475. The van der Waals surface area contributed by atoms with Gasteiger partial charge < -0.3 is 4.72 Å². The van der Waals surface area contributed by atoms with Crippen molar-refractivity contribution in [3.05, 3.63) is 5.38 Å². The molecule has 0 atom stereocenters. The molecule has 1 aromatic rings. The Balaban J connectivity index is 2.76. The molecule has 0 aromatic carbocycles. The molecule has 0 bridgehead atoms. The molecular formula is C2H3N3S2. The molecule has 0 radical (unpaired) electrons. The summed E-state index contributed by atoms with van der Waals surface area (Å²) in [5, 5.41) is 5.39. The molecule has 0 amide bonds. The molecule has 0 aliphatic carbocycles. The van der Waals surface area contributed by atoms with Gasteiger partial charge in [0.1, 0.15) is 0 Å². The Hall–Kier alpha value is -0.290. The van der Waals surface area contributed by atoms with Gasteiger partial charge in [-0.15, -0.1) is 5.10 Å². The highest BCUT2D eigenvalue weighted by molar-refractivity contribution is 7.81. The van der Waals surface area contributed by atoms with Crippen molar-refractivity contribution in [2.75, 3.05) is 4.72 Å². The fraction of sp³-hybridized carbons (Fsp3) is 0. The van der Waals surface area contributed by atoms with Crippen LogP contribution in [-0.2, 0) is 0 Å². The van der Waals surface area contributed by atoms with Crippen LogP contribution in [0.25, 0.3) is 0 Å². The zero-order valence-corrected chi connectivity index (χ0v) is 5.04. The van der Waals surface area contributed by atoms with E-state index in [4.69, 9.17) is 0 Å². The summed E-state index contributed by atoms with van der Waals surface area (Å²) >= 11 is 5.02. The molecule has 1 N–H and O–H groups in total. The van der Waals surface area contributed by atoms with Crippen LogP contribution >= 0.6 is 24.3 Å². The van der Waals surface area contributed by atoms with E-state index in [0.717, 1.165) is 0 Å². The first kappa shape index (κ1) is 4.86. The van der Waals surface area contributed by atoms with Gasteiger partial charge in [0.15, 0.2) is 5.82 Å². The molecule has 1 rings (SSSR count). The first-order chi connectivity index (χ1) is 3.43. The highest BCUT2D eigenvalue weighted by Gasteiger charge is 1.85. The van der Waals surface area contributed by atoms with Crippen LogP contribution in [-0.4, -0.2) is 9.59 Å². The molecule has 0 spiro atoms. The predicted molar refractivity (Wildman–Crippen MR) is 32.5 cm³/mol. The minimum Gasteiger partial charge on any atom is -0.315 e. The molecule has 7 heavy (non-hydrogen) atoms. The quantitative estimate of drug-likeness (QED) is 0.556. The lowest BCUT2D eigenvalue weighted by atomic mass is 10.9. The van der Waals surface area contributed by atoms with Gasteiger partial charge in [0.05, 0.1) is 5.38 Å². The maximum atomic E-state index is 3.73. The highest BCUT2D eigenvalue weighted by Crippen LogP contribution is 2.02. The zero-order valence-electron chi connectivity index (χ0n) is 3.33. The maximum absolute atomic E-state index is 3.73. The van der Waals surface area contributed by atoms with Crippen molar-refractivity contribution >= 4 is 30.2 Å². The summed E-state index contributed by atoms with van der Waals surface area (Å²) in [6.07, 6.45) is 0. The van der Waals surface area contributed by atoms with Crippen LogP contribution in [0.3, 0.4) is 0 Å². The lowest BCUT2D eigenvalue weighted by Crippen LogP contribution is -1.77. The fourth-order valence-corrected chi connectivity index (χ4v) is 0.798. The van der Waals surface area contributed by atoms with E-state index in [-0.39, 0.29) is 0 Å². The monoisotopic (exact) mass is 133 g/mol. The van der Waals surface area contributed by atoms with Crippen molar-refractivity contribution in [3.63, 3.8) is 0 Å². The summed E-state index contributed by atoms with van der Waals surface area (Å²) in [5.41, 5.74) is 0. The van der Waals surface area contributed by atoms with Crippen LogP contribution in [0.1, 0.15) is 0 Å². The summed E-state index contributed by atoms with van der Waals surface area (Å²) in [6.45, 7) is 0. The van der Waals surface area contributed by atoms with Gasteiger partial charge in [-0.1, -0.05) is 17.3 Å². The molecule has 0 fully saturated rings. The Kier molecular flexibility index (Phi) is 1.48. The van der Waals surface area contributed by atoms with Gasteiger partial charge in [-0.25, -0.2) is 0 Å². The molecule has 1 heterocycles. The van der Waals surface area contributed by atoms with Crippen molar-refractivity contribution in [3.8, 4) is 0 Å². The topological polar surface area (TPSA) is 37.8 Å². The van der Waals surface area contributed by atoms with E-state index in [1.54, 1.807) is 5.38 Å². The molecule has 0 unspecified atom stereocenters. The number of hydrogen-bond acceptors (Lipinski definition) is 5. The smallest absolute Gasteiger partial charge is 0.170 e. The second-order valence-corrected chi connectivity index (χ2v) is 1.74. The van der Waals surface area contributed by atoms with E-state index >= 15 is 0 Å². The highest BCUT2D eigenvalue weighted by atomic mass is 32.1. The zero-order chi connectivity index (χ0) is 5.11. The molecule has 1 aromatic heterocycles. The van der Waals surface area contributed by atoms with Crippen molar-refractivity contribution in [2.24, 2.45) is 0 Å². The summed E-state index contributed by atoms with van der Waals surface area (Å²) in [6, 6.07) is 0. The van der Waals surface area contributed by atoms with Crippen LogP contribution in [0.5, 0.6) is 0 Å². The fourth-order valence-electron chi connectivity index (χ4n) is 0.213. The number of aromatic nitrogens is 2. The third kappa shape index (κ3) is 1.04. The Morgan fingerprint density at radius 2 is 2.71 bits per heavy atom. The van der Waals surface area contributed by atoms with Crippen LogP contribution in [0.4, 0.5) is 5.82 Å². The van der Waals surface area contributed by atoms with E-state index in [1.807, 2.05) is 0 Å². The van der Waals surface area contributed by atoms with Gasteiger partial charge in [-0.3, -0.25) is 0 Å². The number of thiol groups is 1. The summed E-state index contributed by atoms with van der Waals surface area (Å²) in [7, 11) is 0. The van der Waals surface area contributed by atoms with Crippen LogP contribution in [0.2, 0.25) is 0 Å². The molecular weight excluding hydrogens is 130 g/mol. The summed E-state index contributed by atoms with van der Waals surface area (Å²) in [5.74, 6) is 0.702. The van der Waals surface area contributed by atoms with E-state index in [1.165, 1.54) is 11.5 Å². The standard InChI is InChI=1S/C2H3N3S2/c6-4-2-1-7-5-3-2/h1,4,6H. The Morgan fingerprint density at radius 3 is 3.00 bits per heavy atom. The summed E-state index contributed by atoms with van der Waals surface area (Å²) < 4.78 is 6.11. The number of rotatable bonds is 1. The average Bonchev–Trinajstić information content (AvgIpc) is 2.14. The van der Waals surface area contributed by atoms with Gasteiger partial charge in [0.25, 0.3) is 0 Å². The number of nitrogens with one attached hydrogen (secondary N) is 1. The second kappa shape index (κ2) is 2.13. The average molecular weight is 133 g/mol. The van der Waals surface area contributed by atoms with Gasteiger partial charge in [-0.2, -0.15) is 0 Å². The first-order valence-corrected chi connectivity index (χ1v) is 2.89. The molecule has 0 aliphatic rings. The normalized spacial score (nSPS) is 8.71. The van der Waals surface area contributed by atoms with Crippen molar-refractivity contribution < 1.29 is 0 Å². The van der Waals surface area contributed by atoms with E-state index in [0.29, 0.717) is 5.82 Å². The van der Waals surface area contributed by atoms with Gasteiger partial charge in [-0.05, 0) is 11.5 Å². The SMILES string of the molecule is SNc1csnn1. The van der Waals surface area contributed by atoms with E-state index < -0.39 is 0 Å². The lowest BCUT2D eigenvalue weighted by molar-refractivity contribution is 1.17. The van der Waals surface area contributed by atoms with Crippen LogP contribution in [0, 0.1) is 0 Å². The van der Waals surface area contributed by atoms with Crippen molar-refractivity contribution in [2.45, 2.75) is 0 Å². The predicted octanol–water partition coefficient (Wildman–Crippen LogP) is 0.795. The van der Waals surface area contributed by atoms with Gasteiger partial charge >= 0.3 is 0 Å². The maximum Gasteiger partial charge on any atom is 0.170 e. The molecule has 0 saturated carbocycles. The Morgan fingerprint density at radius 1 is 1.86 bits per heavy atom. The van der Waals surface area contributed by atoms with Gasteiger partial charge in [0, 0.05) is 0 Å². The minimum atomic E-state index is 0.702. The largest absolute Gasteiger partial charge is 0.315 e. The number of nitrogens with zero attached hydrogens (tertiary/aromatic N) is 2. The molecule has 38 valence electrons. The lowest BCUT2D eigenvalue weighted by Gasteiger charge is -1.81. The summed E-state index contributed by atoms with van der Waals surface area (Å²) in [4.78, 5) is 0. The first-order valence-electron chi connectivity index (χ1n) is 1.60. The number of hydrogen-bond donors (Lipinski definition) is 2. The Labute approximate surface area is 50.5 Å². The van der Waals surface area contributed by atoms with Crippen LogP contribution in [0.15, 0.2) is 5.38 Å². The molecule has 3 nitrogen and oxygen atoms in total. The van der Waals surface area contributed by atoms with Crippen molar-refractivity contribution in [1.29, 1.82) is 0 Å². The second-order valence-electron chi connectivity index (χ2n) is 0.902. The number of anilines is 1. The van der Waals surface area contributed by atoms with E-state index in [9.17, 15) is 0 Å². The molecule has 0 aliphatic heterocycles. The van der Waals surface area contributed by atoms with Crippen molar-refractivity contribution in [1.82, 2.24) is 9.59 Å².